The van der Waals surface area contributed by atoms with Gasteiger partial charge >= 0.3 is 12.0 Å². The summed E-state index contributed by atoms with van der Waals surface area (Å²) in [4.78, 5) is 35.9. The van der Waals surface area contributed by atoms with Crippen LogP contribution in [0.15, 0.2) is 23.1 Å². The molecule has 31 heavy (non-hydrogen) atoms. The van der Waals surface area contributed by atoms with Gasteiger partial charge in [0.1, 0.15) is 5.82 Å². The molecule has 0 unspecified atom stereocenters. The largest absolute Gasteiger partial charge is 0.452 e. The molecule has 11 heteroatoms. The van der Waals surface area contributed by atoms with E-state index < -0.39 is 50.8 Å². The van der Waals surface area contributed by atoms with Crippen LogP contribution in [-0.4, -0.2) is 38.5 Å². The number of benzene rings is 1. The predicted molar refractivity (Wildman–Crippen MR) is 106 cm³/mol. The SMILES string of the molecule is NS(=O)(=O)c1ccc(F)c(C(=O)OCC(=O)NC(=O)NC23CC4CC(CC(C4)C2)C3)c1. The van der Waals surface area contributed by atoms with Gasteiger partial charge in [-0.25, -0.2) is 27.5 Å². The number of ether oxygens (including phenoxy) is 1. The topological polar surface area (TPSA) is 145 Å². The summed E-state index contributed by atoms with van der Waals surface area (Å²) in [5.74, 6) is -1.31. The molecule has 0 heterocycles. The van der Waals surface area contributed by atoms with Gasteiger partial charge in [-0.3, -0.25) is 10.1 Å². The van der Waals surface area contributed by atoms with Crippen LogP contribution < -0.4 is 15.8 Å². The Kier molecular flexibility index (Phi) is 5.50. The van der Waals surface area contributed by atoms with E-state index in [-0.39, 0.29) is 5.54 Å². The highest BCUT2D eigenvalue weighted by molar-refractivity contribution is 7.89. The van der Waals surface area contributed by atoms with Gasteiger partial charge in [-0.15, -0.1) is 0 Å². The molecular formula is C20H24FN3O6S. The van der Waals surface area contributed by atoms with E-state index in [1.165, 1.54) is 19.3 Å². The quantitative estimate of drug-likeness (QED) is 0.575. The van der Waals surface area contributed by atoms with Crippen LogP contribution in [0.5, 0.6) is 0 Å². The minimum atomic E-state index is -4.15. The number of carbonyl (C=O) groups excluding carboxylic acids is 3. The smallest absolute Gasteiger partial charge is 0.341 e. The van der Waals surface area contributed by atoms with Crippen LogP contribution in [0.25, 0.3) is 0 Å². The van der Waals surface area contributed by atoms with Gasteiger partial charge in [0.25, 0.3) is 5.91 Å². The predicted octanol–water partition coefficient (Wildman–Crippen LogP) is 1.42. The molecule has 4 N–H and O–H groups in total. The molecule has 0 aliphatic heterocycles. The number of nitrogens with one attached hydrogen (secondary N) is 2. The summed E-state index contributed by atoms with van der Waals surface area (Å²) < 4.78 is 41.3. The zero-order valence-corrected chi connectivity index (χ0v) is 17.5. The minimum absolute atomic E-state index is 0.285. The van der Waals surface area contributed by atoms with Crippen molar-refractivity contribution in [2.24, 2.45) is 22.9 Å². The number of hydrogen-bond acceptors (Lipinski definition) is 6. The van der Waals surface area contributed by atoms with Crippen molar-refractivity contribution >= 4 is 27.9 Å². The molecule has 0 saturated heterocycles. The Labute approximate surface area is 178 Å². The molecule has 4 bridgehead atoms. The number of urea groups is 1. The summed E-state index contributed by atoms with van der Waals surface area (Å²) >= 11 is 0. The Balaban J connectivity index is 1.30. The highest BCUT2D eigenvalue weighted by atomic mass is 32.2. The zero-order chi connectivity index (χ0) is 22.4. The number of rotatable bonds is 5. The van der Waals surface area contributed by atoms with E-state index in [1.54, 1.807) is 0 Å². The second kappa shape index (κ2) is 7.86. The molecule has 0 radical (unpaired) electrons. The maximum atomic E-state index is 13.9. The Morgan fingerprint density at radius 2 is 1.68 bits per heavy atom. The first-order chi connectivity index (χ1) is 14.5. The number of carbonyl (C=O) groups is 3. The monoisotopic (exact) mass is 453 g/mol. The summed E-state index contributed by atoms with van der Waals surface area (Å²) in [5.41, 5.74) is -0.968. The van der Waals surface area contributed by atoms with E-state index in [0.717, 1.165) is 37.5 Å². The van der Waals surface area contributed by atoms with E-state index in [1.807, 2.05) is 0 Å². The van der Waals surface area contributed by atoms with Crippen LogP contribution >= 0.6 is 0 Å². The molecule has 4 aliphatic carbocycles. The maximum Gasteiger partial charge on any atom is 0.341 e. The van der Waals surface area contributed by atoms with Gasteiger partial charge in [0.15, 0.2) is 6.61 Å². The van der Waals surface area contributed by atoms with E-state index >= 15 is 0 Å². The minimum Gasteiger partial charge on any atom is -0.452 e. The summed E-state index contributed by atoms with van der Waals surface area (Å²) in [6.45, 7) is -0.827. The van der Waals surface area contributed by atoms with Crippen molar-refractivity contribution in [3.05, 3.63) is 29.6 Å². The van der Waals surface area contributed by atoms with Gasteiger partial charge in [0.2, 0.25) is 10.0 Å². The van der Waals surface area contributed by atoms with Crippen LogP contribution in [0.4, 0.5) is 9.18 Å². The fourth-order valence-electron chi connectivity index (χ4n) is 5.75. The number of primary sulfonamides is 1. The van der Waals surface area contributed by atoms with Gasteiger partial charge in [-0.1, -0.05) is 0 Å². The lowest BCUT2D eigenvalue weighted by molar-refractivity contribution is -0.123. The number of sulfonamides is 1. The van der Waals surface area contributed by atoms with Crippen molar-refractivity contribution in [1.29, 1.82) is 0 Å². The molecule has 1 aromatic rings. The molecule has 0 aromatic heterocycles. The van der Waals surface area contributed by atoms with E-state index in [2.05, 4.69) is 10.6 Å². The number of amides is 3. The highest BCUT2D eigenvalue weighted by Gasteiger charge is 2.51. The Morgan fingerprint density at radius 1 is 1.10 bits per heavy atom. The van der Waals surface area contributed by atoms with Crippen LogP contribution in [0.2, 0.25) is 0 Å². The van der Waals surface area contributed by atoms with Gasteiger partial charge in [-0.2, -0.15) is 0 Å². The molecule has 4 fully saturated rings. The molecule has 4 aliphatic rings. The Hall–Kier alpha value is -2.53. The number of halogens is 1. The molecule has 1 aromatic carbocycles. The summed E-state index contributed by atoms with van der Waals surface area (Å²) in [7, 11) is -4.15. The molecule has 4 saturated carbocycles. The Bertz CT molecular complexity index is 1010. The first-order valence-corrected chi connectivity index (χ1v) is 11.7. The number of esters is 1. The third kappa shape index (κ3) is 4.72. The van der Waals surface area contributed by atoms with E-state index in [9.17, 15) is 27.2 Å². The van der Waals surface area contributed by atoms with Crippen molar-refractivity contribution in [3.8, 4) is 0 Å². The normalized spacial score (nSPS) is 28.8. The first-order valence-electron chi connectivity index (χ1n) is 10.1. The Morgan fingerprint density at radius 3 is 2.23 bits per heavy atom. The number of hydrogen-bond donors (Lipinski definition) is 3. The number of nitrogens with two attached hydrogens (primary N) is 1. The van der Waals surface area contributed by atoms with Crippen LogP contribution in [0, 0.1) is 23.6 Å². The number of imide groups is 1. The van der Waals surface area contributed by atoms with Gasteiger partial charge in [0.05, 0.1) is 10.5 Å². The second-order valence-corrected chi connectivity index (χ2v) is 10.5. The average molecular weight is 453 g/mol. The molecule has 168 valence electrons. The fraction of sp³-hybridized carbons (Fsp3) is 0.550. The van der Waals surface area contributed by atoms with Crippen molar-refractivity contribution in [3.63, 3.8) is 0 Å². The van der Waals surface area contributed by atoms with Crippen LogP contribution in [0.1, 0.15) is 48.9 Å². The molecule has 9 nitrogen and oxygen atoms in total. The van der Waals surface area contributed by atoms with Gasteiger partial charge < -0.3 is 10.1 Å². The third-order valence-corrected chi connectivity index (χ3v) is 7.40. The van der Waals surface area contributed by atoms with Crippen LogP contribution in [0.3, 0.4) is 0 Å². The van der Waals surface area contributed by atoms with Gasteiger partial charge in [-0.05, 0) is 74.5 Å². The van der Waals surface area contributed by atoms with Crippen LogP contribution in [-0.2, 0) is 19.6 Å². The average Bonchev–Trinajstić information content (AvgIpc) is 2.63. The van der Waals surface area contributed by atoms with E-state index in [4.69, 9.17) is 9.88 Å². The maximum absolute atomic E-state index is 13.9. The second-order valence-electron chi connectivity index (χ2n) is 8.96. The van der Waals surface area contributed by atoms with Gasteiger partial charge in [0, 0.05) is 5.54 Å². The third-order valence-electron chi connectivity index (χ3n) is 6.49. The lowest BCUT2D eigenvalue weighted by Crippen LogP contribution is -2.62. The van der Waals surface area contributed by atoms with E-state index in [0.29, 0.717) is 17.8 Å². The van der Waals surface area contributed by atoms with Crippen molar-refractivity contribution in [2.75, 3.05) is 6.61 Å². The molecule has 3 amide bonds. The lowest BCUT2D eigenvalue weighted by atomic mass is 9.53. The molecule has 5 rings (SSSR count). The first kappa shape index (κ1) is 21.7. The molecular weight excluding hydrogens is 429 g/mol. The summed E-state index contributed by atoms with van der Waals surface area (Å²) in [6, 6.07) is 1.74. The molecule has 0 spiro atoms. The van der Waals surface area contributed by atoms with Crippen molar-refractivity contribution in [1.82, 2.24) is 10.6 Å². The standard InChI is InChI=1S/C20H24FN3O6S/c21-16-2-1-14(31(22,28)29)6-15(16)18(26)30-10-17(25)23-19(27)24-20-7-11-3-12(8-20)5-13(4-11)9-20/h1-2,6,11-13H,3-5,7-10H2,(H2,22,28,29)(H2,23,24,25,27). The summed E-state index contributed by atoms with van der Waals surface area (Å²) in [5, 5.41) is 10.1. The zero-order valence-electron chi connectivity index (χ0n) is 16.7. The van der Waals surface area contributed by atoms with Crippen molar-refractivity contribution in [2.45, 2.75) is 49.0 Å². The lowest BCUT2D eigenvalue weighted by Gasteiger charge is -2.56. The fourth-order valence-corrected chi connectivity index (χ4v) is 6.29. The highest BCUT2D eigenvalue weighted by Crippen LogP contribution is 2.55. The van der Waals surface area contributed by atoms with Crippen molar-refractivity contribution < 1.29 is 31.9 Å². The summed E-state index contributed by atoms with van der Waals surface area (Å²) in [6.07, 6.45) is 6.36. The molecule has 0 atom stereocenters.